The Hall–Kier alpha value is -1.44. The number of rotatable bonds is 8. The molecule has 0 radical (unpaired) electrons. The molecule has 112 valence electrons. The van der Waals surface area contributed by atoms with Crippen molar-refractivity contribution in [2.24, 2.45) is 0 Å². The molecule has 6 nitrogen and oxygen atoms in total. The first-order chi connectivity index (χ1) is 9.48. The molecule has 0 heterocycles. The van der Waals surface area contributed by atoms with Crippen LogP contribution in [0.2, 0.25) is 0 Å². The summed E-state index contributed by atoms with van der Waals surface area (Å²) in [5.41, 5.74) is 0.723. The number of nitrogens with one attached hydrogen (secondary N) is 3. The summed E-state index contributed by atoms with van der Waals surface area (Å²) in [6.07, 6.45) is 0.582. The second-order valence-electron chi connectivity index (χ2n) is 4.29. The van der Waals surface area contributed by atoms with Gasteiger partial charge in [0.05, 0.1) is 11.8 Å². The van der Waals surface area contributed by atoms with E-state index < -0.39 is 16.1 Å². The van der Waals surface area contributed by atoms with E-state index in [-0.39, 0.29) is 18.2 Å². The second kappa shape index (κ2) is 7.98. The van der Waals surface area contributed by atoms with Gasteiger partial charge in [-0.2, -0.15) is 0 Å². The standard InChI is InChI=1S/C13H21N3O3S/c1-3-12(15-9-10-20(18,19)14-2)13(17)16-11-7-5-4-6-8-11/h4-8,12,14-15H,3,9-10H2,1-2H3,(H,16,17)/t12-/m0/s1. The number of amides is 1. The van der Waals surface area contributed by atoms with Crippen molar-refractivity contribution in [3.05, 3.63) is 30.3 Å². The lowest BCUT2D eigenvalue weighted by Crippen LogP contribution is -2.42. The number of anilines is 1. The Balaban J connectivity index is 2.47. The van der Waals surface area contributed by atoms with Gasteiger partial charge in [-0.05, 0) is 25.6 Å². The highest BCUT2D eigenvalue weighted by molar-refractivity contribution is 7.89. The molecular formula is C13H21N3O3S. The molecule has 1 aromatic carbocycles. The molecule has 0 spiro atoms. The Morgan fingerprint density at radius 3 is 2.45 bits per heavy atom. The van der Waals surface area contributed by atoms with E-state index in [1.165, 1.54) is 7.05 Å². The largest absolute Gasteiger partial charge is 0.325 e. The molecule has 1 amide bonds. The highest BCUT2D eigenvalue weighted by Crippen LogP contribution is 2.06. The fraction of sp³-hybridized carbons (Fsp3) is 0.462. The molecule has 0 saturated carbocycles. The van der Waals surface area contributed by atoms with Gasteiger partial charge in [0.15, 0.2) is 0 Å². The third kappa shape index (κ3) is 5.68. The molecule has 1 atom stereocenters. The van der Waals surface area contributed by atoms with Gasteiger partial charge in [0, 0.05) is 12.2 Å². The van der Waals surface area contributed by atoms with Gasteiger partial charge in [0.1, 0.15) is 0 Å². The molecule has 0 fully saturated rings. The maximum atomic E-state index is 12.0. The first-order valence-corrected chi connectivity index (χ1v) is 8.14. The van der Waals surface area contributed by atoms with Gasteiger partial charge in [-0.1, -0.05) is 25.1 Å². The Morgan fingerprint density at radius 1 is 1.25 bits per heavy atom. The number of carbonyl (C=O) groups excluding carboxylic acids is 1. The van der Waals surface area contributed by atoms with Crippen molar-refractivity contribution in [3.8, 4) is 0 Å². The molecule has 20 heavy (non-hydrogen) atoms. The summed E-state index contributed by atoms with van der Waals surface area (Å²) in [6, 6.07) is 8.73. The van der Waals surface area contributed by atoms with Crippen molar-refractivity contribution in [1.82, 2.24) is 10.0 Å². The van der Waals surface area contributed by atoms with Crippen LogP contribution in [0.5, 0.6) is 0 Å². The van der Waals surface area contributed by atoms with Gasteiger partial charge in [0.2, 0.25) is 15.9 Å². The molecule has 0 bridgehead atoms. The molecule has 7 heteroatoms. The van der Waals surface area contributed by atoms with E-state index in [0.717, 1.165) is 5.69 Å². The van der Waals surface area contributed by atoms with Crippen LogP contribution in [-0.4, -0.2) is 39.7 Å². The summed E-state index contributed by atoms with van der Waals surface area (Å²) < 4.78 is 24.8. The van der Waals surface area contributed by atoms with E-state index in [2.05, 4.69) is 15.4 Å². The lowest BCUT2D eigenvalue weighted by molar-refractivity contribution is -0.118. The van der Waals surface area contributed by atoms with Gasteiger partial charge < -0.3 is 10.6 Å². The number of hydrogen-bond acceptors (Lipinski definition) is 4. The average molecular weight is 299 g/mol. The van der Waals surface area contributed by atoms with Crippen LogP contribution in [-0.2, 0) is 14.8 Å². The van der Waals surface area contributed by atoms with Crippen molar-refractivity contribution in [3.63, 3.8) is 0 Å². The van der Waals surface area contributed by atoms with Crippen LogP contribution in [0.3, 0.4) is 0 Å². The smallest absolute Gasteiger partial charge is 0.241 e. The molecule has 1 rings (SSSR count). The zero-order valence-corrected chi connectivity index (χ0v) is 12.5. The Bertz CT molecular complexity index is 517. The molecule has 1 aromatic rings. The zero-order valence-electron chi connectivity index (χ0n) is 11.7. The predicted molar refractivity (Wildman–Crippen MR) is 80.0 cm³/mol. The summed E-state index contributed by atoms with van der Waals surface area (Å²) in [5, 5.41) is 5.74. The van der Waals surface area contributed by atoms with Crippen molar-refractivity contribution in [2.75, 3.05) is 24.7 Å². The molecular weight excluding hydrogens is 278 g/mol. The number of benzene rings is 1. The van der Waals surface area contributed by atoms with Crippen molar-refractivity contribution < 1.29 is 13.2 Å². The van der Waals surface area contributed by atoms with E-state index in [0.29, 0.717) is 6.42 Å². The van der Waals surface area contributed by atoms with Crippen LogP contribution in [0.15, 0.2) is 30.3 Å². The van der Waals surface area contributed by atoms with Crippen LogP contribution < -0.4 is 15.4 Å². The maximum absolute atomic E-state index is 12.0. The third-order valence-electron chi connectivity index (χ3n) is 2.84. The van der Waals surface area contributed by atoms with E-state index in [1.807, 2.05) is 25.1 Å². The van der Waals surface area contributed by atoms with E-state index >= 15 is 0 Å². The Kier molecular flexibility index (Phi) is 6.63. The zero-order chi connectivity index (χ0) is 15.0. The summed E-state index contributed by atoms with van der Waals surface area (Å²) in [7, 11) is -1.88. The maximum Gasteiger partial charge on any atom is 0.241 e. The summed E-state index contributed by atoms with van der Waals surface area (Å²) in [6.45, 7) is 2.10. The first kappa shape index (κ1) is 16.6. The number of sulfonamides is 1. The summed E-state index contributed by atoms with van der Waals surface area (Å²) >= 11 is 0. The Labute approximate surface area is 120 Å². The molecule has 0 aromatic heterocycles. The van der Waals surface area contributed by atoms with Gasteiger partial charge >= 0.3 is 0 Å². The lowest BCUT2D eigenvalue weighted by atomic mass is 10.2. The number of hydrogen-bond donors (Lipinski definition) is 3. The molecule has 0 saturated heterocycles. The summed E-state index contributed by atoms with van der Waals surface area (Å²) in [5.74, 6) is -0.223. The minimum atomic E-state index is -3.25. The lowest BCUT2D eigenvalue weighted by Gasteiger charge is -2.16. The monoisotopic (exact) mass is 299 g/mol. The van der Waals surface area contributed by atoms with Crippen LogP contribution in [0.4, 0.5) is 5.69 Å². The van der Waals surface area contributed by atoms with Gasteiger partial charge in [-0.3, -0.25) is 4.79 Å². The highest BCUT2D eigenvalue weighted by Gasteiger charge is 2.16. The number of carbonyl (C=O) groups is 1. The van der Waals surface area contributed by atoms with Gasteiger partial charge in [0.25, 0.3) is 0 Å². The van der Waals surface area contributed by atoms with E-state index in [1.54, 1.807) is 12.1 Å². The van der Waals surface area contributed by atoms with Crippen molar-refractivity contribution in [2.45, 2.75) is 19.4 Å². The second-order valence-corrected chi connectivity index (χ2v) is 6.34. The van der Waals surface area contributed by atoms with Gasteiger partial charge in [-0.25, -0.2) is 13.1 Å². The molecule has 3 N–H and O–H groups in total. The van der Waals surface area contributed by atoms with E-state index in [4.69, 9.17) is 0 Å². The molecule has 0 unspecified atom stereocenters. The Morgan fingerprint density at radius 2 is 1.90 bits per heavy atom. The van der Waals surface area contributed by atoms with Crippen LogP contribution >= 0.6 is 0 Å². The third-order valence-corrected chi connectivity index (χ3v) is 4.20. The summed E-state index contributed by atoms with van der Waals surface area (Å²) in [4.78, 5) is 12.0. The SMILES string of the molecule is CC[C@H](NCCS(=O)(=O)NC)C(=O)Nc1ccccc1. The minimum Gasteiger partial charge on any atom is -0.325 e. The number of para-hydroxylation sites is 1. The van der Waals surface area contributed by atoms with E-state index in [9.17, 15) is 13.2 Å². The average Bonchev–Trinajstić information content (AvgIpc) is 2.44. The van der Waals surface area contributed by atoms with Gasteiger partial charge in [-0.15, -0.1) is 0 Å². The minimum absolute atomic E-state index is 0.0569. The van der Waals surface area contributed by atoms with Crippen molar-refractivity contribution in [1.29, 1.82) is 0 Å². The first-order valence-electron chi connectivity index (χ1n) is 6.49. The fourth-order valence-electron chi connectivity index (χ4n) is 1.64. The quantitative estimate of drug-likeness (QED) is 0.654. The topological polar surface area (TPSA) is 87.3 Å². The normalized spacial score (nSPS) is 12.9. The highest BCUT2D eigenvalue weighted by atomic mass is 32.2. The van der Waals surface area contributed by atoms with Crippen LogP contribution in [0.1, 0.15) is 13.3 Å². The predicted octanol–water partition coefficient (Wildman–Crippen LogP) is 0.543. The van der Waals surface area contributed by atoms with Crippen LogP contribution in [0.25, 0.3) is 0 Å². The molecule has 0 aliphatic rings. The molecule has 0 aliphatic carbocycles. The van der Waals surface area contributed by atoms with Crippen molar-refractivity contribution >= 4 is 21.6 Å². The molecule has 0 aliphatic heterocycles. The fourth-order valence-corrected chi connectivity index (χ4v) is 2.23. The van der Waals surface area contributed by atoms with Crippen LogP contribution in [0, 0.1) is 0 Å².